The van der Waals surface area contributed by atoms with Gasteiger partial charge in [-0.3, -0.25) is 0 Å². The van der Waals surface area contributed by atoms with Crippen molar-refractivity contribution in [1.29, 1.82) is 0 Å². The molecule has 0 heterocycles. The van der Waals surface area contributed by atoms with Gasteiger partial charge in [0.2, 0.25) is 0 Å². The van der Waals surface area contributed by atoms with Gasteiger partial charge < -0.3 is 10.4 Å². The number of nitrogens with one attached hydrogen (secondary N) is 1. The number of benzene rings is 1. The van der Waals surface area contributed by atoms with E-state index < -0.39 is 0 Å². The monoisotopic (exact) mass is 193 g/mol. The van der Waals surface area contributed by atoms with Gasteiger partial charge in [0, 0.05) is 12.1 Å². The molecule has 1 rings (SSSR count). The number of hydrogen-bond donors (Lipinski definition) is 2. The zero-order valence-corrected chi connectivity index (χ0v) is 8.90. The Labute approximate surface area is 86.0 Å². The lowest BCUT2D eigenvalue weighted by molar-refractivity contribution is 0.242. The molecule has 0 aliphatic heterocycles. The molecule has 1 unspecified atom stereocenters. The third kappa shape index (κ3) is 3.90. The third-order valence-electron chi connectivity index (χ3n) is 2.23. The van der Waals surface area contributed by atoms with Crippen molar-refractivity contribution < 1.29 is 5.11 Å². The third-order valence-corrected chi connectivity index (χ3v) is 2.23. The lowest BCUT2D eigenvalue weighted by Crippen LogP contribution is -2.37. The second-order valence-electron chi connectivity index (χ2n) is 3.84. The fourth-order valence-electron chi connectivity index (χ4n) is 1.56. The summed E-state index contributed by atoms with van der Waals surface area (Å²) < 4.78 is 0. The van der Waals surface area contributed by atoms with Crippen LogP contribution in [0.15, 0.2) is 30.3 Å². The average Bonchev–Trinajstić information content (AvgIpc) is 2.19. The highest BCUT2D eigenvalue weighted by molar-refractivity contribution is 5.15. The topological polar surface area (TPSA) is 32.3 Å². The zero-order chi connectivity index (χ0) is 10.4. The van der Waals surface area contributed by atoms with Crippen molar-refractivity contribution in [3.63, 3.8) is 0 Å². The van der Waals surface area contributed by atoms with Gasteiger partial charge in [0.05, 0.1) is 6.61 Å². The number of hydrogen-bond acceptors (Lipinski definition) is 2. The van der Waals surface area contributed by atoms with Crippen LogP contribution in [0, 0.1) is 0 Å². The number of aliphatic hydroxyl groups is 1. The minimum Gasteiger partial charge on any atom is -0.395 e. The molecule has 0 saturated carbocycles. The lowest BCUT2D eigenvalue weighted by atomic mass is 10.1. The highest BCUT2D eigenvalue weighted by atomic mass is 16.3. The fourth-order valence-corrected chi connectivity index (χ4v) is 1.56. The minimum atomic E-state index is 0.175. The molecule has 0 fully saturated rings. The van der Waals surface area contributed by atoms with Gasteiger partial charge in [-0.2, -0.15) is 0 Å². The Bertz CT molecular complexity index is 248. The molecule has 0 aliphatic carbocycles. The van der Waals surface area contributed by atoms with Crippen LogP contribution in [0.1, 0.15) is 19.4 Å². The Morgan fingerprint density at radius 2 is 1.79 bits per heavy atom. The second-order valence-corrected chi connectivity index (χ2v) is 3.84. The van der Waals surface area contributed by atoms with E-state index >= 15 is 0 Å². The summed E-state index contributed by atoms with van der Waals surface area (Å²) in [6.07, 6.45) is 1.01. The first-order chi connectivity index (χ1) is 6.72. The quantitative estimate of drug-likeness (QED) is 0.744. The fraction of sp³-hybridized carbons (Fsp3) is 0.500. The summed E-state index contributed by atoms with van der Waals surface area (Å²) in [4.78, 5) is 0. The van der Waals surface area contributed by atoms with Crippen molar-refractivity contribution in [3.05, 3.63) is 35.9 Å². The van der Waals surface area contributed by atoms with Crippen LogP contribution in [-0.2, 0) is 6.42 Å². The first-order valence-corrected chi connectivity index (χ1v) is 5.13. The molecule has 2 atom stereocenters. The summed E-state index contributed by atoms with van der Waals surface area (Å²) in [6, 6.07) is 11.0. The van der Waals surface area contributed by atoms with Crippen LogP contribution in [0.5, 0.6) is 0 Å². The highest BCUT2D eigenvalue weighted by Crippen LogP contribution is 2.03. The summed E-state index contributed by atoms with van der Waals surface area (Å²) in [5.74, 6) is 0. The summed E-state index contributed by atoms with van der Waals surface area (Å²) in [5.41, 5.74) is 1.33. The van der Waals surface area contributed by atoms with Crippen molar-refractivity contribution in [3.8, 4) is 0 Å². The maximum Gasteiger partial charge on any atom is 0.0582 e. The maximum atomic E-state index is 8.89. The van der Waals surface area contributed by atoms with Crippen LogP contribution in [0.25, 0.3) is 0 Å². The number of rotatable bonds is 5. The Kier molecular flexibility index (Phi) is 4.63. The van der Waals surface area contributed by atoms with E-state index in [2.05, 4.69) is 36.5 Å². The van der Waals surface area contributed by atoms with E-state index in [0.29, 0.717) is 6.04 Å². The van der Waals surface area contributed by atoms with Crippen molar-refractivity contribution >= 4 is 0 Å². The first kappa shape index (κ1) is 11.2. The molecule has 2 nitrogen and oxygen atoms in total. The van der Waals surface area contributed by atoms with Crippen LogP contribution in [0.3, 0.4) is 0 Å². The minimum absolute atomic E-state index is 0.175. The van der Waals surface area contributed by atoms with Crippen molar-refractivity contribution in [2.45, 2.75) is 32.4 Å². The molecule has 14 heavy (non-hydrogen) atoms. The van der Waals surface area contributed by atoms with Crippen LogP contribution >= 0.6 is 0 Å². The Morgan fingerprint density at radius 1 is 1.14 bits per heavy atom. The van der Waals surface area contributed by atoms with Gasteiger partial charge in [0.25, 0.3) is 0 Å². The van der Waals surface area contributed by atoms with E-state index in [4.69, 9.17) is 5.11 Å². The molecular weight excluding hydrogens is 174 g/mol. The molecule has 0 amide bonds. The lowest BCUT2D eigenvalue weighted by Gasteiger charge is -2.18. The van der Waals surface area contributed by atoms with E-state index in [1.54, 1.807) is 0 Å². The van der Waals surface area contributed by atoms with E-state index in [9.17, 15) is 0 Å². The standard InChI is InChI=1S/C12H19NO/c1-10(13-11(2)9-14)8-12-6-4-3-5-7-12/h3-7,10-11,13-14H,8-9H2,1-2H3/t10?,11-/m1/s1. The normalized spacial score (nSPS) is 15.1. The maximum absolute atomic E-state index is 8.89. The molecular formula is C12H19NO. The van der Waals surface area contributed by atoms with Crippen molar-refractivity contribution in [2.24, 2.45) is 0 Å². The molecule has 0 aliphatic rings. The SMILES string of the molecule is CC(Cc1ccccc1)N[C@H](C)CO. The van der Waals surface area contributed by atoms with Gasteiger partial charge in [0.15, 0.2) is 0 Å². The molecule has 0 spiro atoms. The van der Waals surface area contributed by atoms with E-state index in [1.165, 1.54) is 5.56 Å². The Hall–Kier alpha value is -0.860. The van der Waals surface area contributed by atoms with E-state index in [0.717, 1.165) is 6.42 Å². The molecule has 0 aromatic heterocycles. The number of aliphatic hydroxyl groups excluding tert-OH is 1. The van der Waals surface area contributed by atoms with Gasteiger partial charge >= 0.3 is 0 Å². The van der Waals surface area contributed by atoms with Crippen LogP contribution < -0.4 is 5.32 Å². The molecule has 78 valence electrons. The molecule has 0 radical (unpaired) electrons. The van der Waals surface area contributed by atoms with Crippen molar-refractivity contribution in [1.82, 2.24) is 5.32 Å². The summed E-state index contributed by atoms with van der Waals surface area (Å²) in [7, 11) is 0. The van der Waals surface area contributed by atoms with Gasteiger partial charge in [-0.05, 0) is 25.8 Å². The van der Waals surface area contributed by atoms with Gasteiger partial charge in [-0.25, -0.2) is 0 Å². The molecule has 1 aromatic carbocycles. The second kappa shape index (κ2) is 5.78. The van der Waals surface area contributed by atoms with Crippen molar-refractivity contribution in [2.75, 3.05) is 6.61 Å². The molecule has 2 N–H and O–H groups in total. The Balaban J connectivity index is 2.37. The Morgan fingerprint density at radius 3 is 2.36 bits per heavy atom. The molecule has 0 saturated heterocycles. The molecule has 1 aromatic rings. The smallest absolute Gasteiger partial charge is 0.0582 e. The largest absolute Gasteiger partial charge is 0.395 e. The summed E-state index contributed by atoms with van der Waals surface area (Å²) in [5, 5.41) is 12.2. The van der Waals surface area contributed by atoms with Gasteiger partial charge in [-0.15, -0.1) is 0 Å². The van der Waals surface area contributed by atoms with E-state index in [1.807, 2.05) is 13.0 Å². The predicted molar refractivity (Wildman–Crippen MR) is 59.3 cm³/mol. The predicted octanol–water partition coefficient (Wildman–Crippen LogP) is 1.59. The van der Waals surface area contributed by atoms with Crippen LogP contribution in [0.4, 0.5) is 0 Å². The zero-order valence-electron chi connectivity index (χ0n) is 8.90. The molecule has 2 heteroatoms. The van der Waals surface area contributed by atoms with Crippen LogP contribution in [-0.4, -0.2) is 23.8 Å². The van der Waals surface area contributed by atoms with Crippen LogP contribution in [0.2, 0.25) is 0 Å². The van der Waals surface area contributed by atoms with Gasteiger partial charge in [0.1, 0.15) is 0 Å². The summed E-state index contributed by atoms with van der Waals surface area (Å²) >= 11 is 0. The highest BCUT2D eigenvalue weighted by Gasteiger charge is 2.06. The molecule has 0 bridgehead atoms. The van der Waals surface area contributed by atoms with E-state index in [-0.39, 0.29) is 12.6 Å². The summed E-state index contributed by atoms with van der Waals surface area (Å²) in [6.45, 7) is 4.32. The van der Waals surface area contributed by atoms with Gasteiger partial charge in [-0.1, -0.05) is 30.3 Å². The average molecular weight is 193 g/mol. The first-order valence-electron chi connectivity index (χ1n) is 5.13.